The number of pyridine rings is 1. The zero-order chi connectivity index (χ0) is 36.9. The second-order valence-electron chi connectivity index (χ2n) is 16.7. The monoisotopic (exact) mass is 741 g/mol. The molecule has 10 heteroatoms. The number of hydrogen-bond donors (Lipinski definition) is 2. The molecule has 2 N–H and O–H groups in total. The largest absolute Gasteiger partial charge is 0.493 e. The van der Waals surface area contributed by atoms with Crippen molar-refractivity contribution in [2.75, 3.05) is 31.6 Å². The topological polar surface area (TPSA) is 110 Å². The molecule has 1 saturated heterocycles. The summed E-state index contributed by atoms with van der Waals surface area (Å²) in [6.07, 6.45) is 9.90. The molecule has 0 bridgehead atoms. The number of rotatable bonds is 11. The van der Waals surface area contributed by atoms with Gasteiger partial charge in [0.15, 0.2) is 11.5 Å². The van der Waals surface area contributed by atoms with Crippen LogP contribution in [-0.2, 0) is 27.8 Å². The summed E-state index contributed by atoms with van der Waals surface area (Å²) in [5.41, 5.74) is 4.43. The minimum Gasteiger partial charge on any atom is -0.493 e. The molecule has 3 aromatic rings. The Labute approximate surface area is 317 Å². The summed E-state index contributed by atoms with van der Waals surface area (Å²) < 4.78 is 19.9. The van der Waals surface area contributed by atoms with E-state index in [1.54, 1.807) is 19.1 Å². The molecule has 282 valence electrons. The molecular weight excluding hydrogens is 690 g/mol. The van der Waals surface area contributed by atoms with Gasteiger partial charge in [-0.3, -0.25) is 14.7 Å². The van der Waals surface area contributed by atoms with Crippen LogP contribution in [0, 0.1) is 11.8 Å². The summed E-state index contributed by atoms with van der Waals surface area (Å²) in [6.45, 7) is 9.01. The fraction of sp³-hybridized carbons (Fsp3) is 0.558. The minimum atomic E-state index is -1.09. The number of carbonyl (C=O) groups excluding carboxylic acids is 1. The summed E-state index contributed by atoms with van der Waals surface area (Å²) in [6, 6.07) is 13.8. The number of halogens is 1. The minimum absolute atomic E-state index is 0.0686. The lowest BCUT2D eigenvalue weighted by Crippen LogP contribution is -2.53. The van der Waals surface area contributed by atoms with Crippen LogP contribution in [0.25, 0.3) is 0 Å². The van der Waals surface area contributed by atoms with E-state index in [-0.39, 0.29) is 29.3 Å². The van der Waals surface area contributed by atoms with Crippen molar-refractivity contribution in [3.63, 3.8) is 0 Å². The van der Waals surface area contributed by atoms with Crippen molar-refractivity contribution in [1.82, 2.24) is 9.88 Å². The van der Waals surface area contributed by atoms with Crippen molar-refractivity contribution in [3.05, 3.63) is 76.1 Å². The average Bonchev–Trinajstić information content (AvgIpc) is 3.66. The Balaban J connectivity index is 1.05. The normalized spacial score (nSPS) is 29.2. The lowest BCUT2D eigenvalue weighted by atomic mass is 9.59. The number of hydrogen-bond acceptors (Lipinski definition) is 8. The molecule has 3 heterocycles. The number of ether oxygens (including phenoxy) is 3. The molecule has 5 aliphatic rings. The van der Waals surface area contributed by atoms with Crippen LogP contribution in [0.2, 0.25) is 5.02 Å². The van der Waals surface area contributed by atoms with Crippen LogP contribution in [-0.4, -0.2) is 70.7 Å². The van der Waals surface area contributed by atoms with Crippen LogP contribution in [0.4, 0.5) is 5.69 Å². The Hall–Kier alpha value is -3.82. The standard InChI is InChI=1S/C43H52ClN3O6/c1-26(25-51-35-10-16-45-34-9-4-6-27(2)40(34)35)18-30-19-29-20-36-37(53-39-24-47(17-11-28(3)48)23-38(39)52-36)22-33(29)42(30)12-14-43(15-13-42,41(49)50)46-32-8-5-7-31(44)21-32/h5,7-8,10,16,20-22,26-27,30,38-39,46H,4,6,9,11-15,17-19,23-25H2,1-3H3,(H,49,50)/t26-,27-,30+,38-,39+,42?,43?/m1/s1. The number of nitrogens with zero attached hydrogens (tertiary/aromatic N) is 2. The first-order chi connectivity index (χ1) is 25.5. The van der Waals surface area contributed by atoms with Crippen molar-refractivity contribution < 1.29 is 28.9 Å². The van der Waals surface area contributed by atoms with Crippen molar-refractivity contribution in [2.24, 2.45) is 11.8 Å². The van der Waals surface area contributed by atoms with Crippen molar-refractivity contribution in [2.45, 2.75) is 114 Å². The van der Waals surface area contributed by atoms with Crippen molar-refractivity contribution in [3.8, 4) is 17.2 Å². The highest BCUT2D eigenvalue weighted by molar-refractivity contribution is 6.30. The molecule has 2 aromatic carbocycles. The first-order valence-corrected chi connectivity index (χ1v) is 20.0. The molecule has 8 rings (SSSR count). The number of carbonyl (C=O) groups is 2. The highest BCUT2D eigenvalue weighted by Gasteiger charge is 2.55. The van der Waals surface area contributed by atoms with E-state index >= 15 is 0 Å². The first kappa shape index (κ1) is 36.2. The highest BCUT2D eigenvalue weighted by Crippen LogP contribution is 2.58. The smallest absolute Gasteiger partial charge is 0.329 e. The molecule has 2 fully saturated rings. The Morgan fingerprint density at radius 1 is 1.09 bits per heavy atom. The fourth-order valence-electron chi connectivity index (χ4n) is 10.2. The molecule has 2 aliphatic heterocycles. The SMILES string of the molecule is CC(=O)CCN1C[C@@H]2Oc3cc4c(cc3O[C@@H]2C1)C[C@H](C[C@@H](C)COc1ccnc2c1[C@H](C)CCC2)C41CCC(Nc2cccc(Cl)c2)(C(=O)O)CC1. The number of anilines is 1. The number of likely N-dealkylation sites (tertiary alicyclic amines) is 1. The first-order valence-electron chi connectivity index (χ1n) is 19.6. The molecule has 1 spiro atoms. The third-order valence-corrected chi connectivity index (χ3v) is 13.2. The van der Waals surface area contributed by atoms with Gasteiger partial charge < -0.3 is 24.6 Å². The zero-order valence-electron chi connectivity index (χ0n) is 31.2. The molecule has 5 atom stereocenters. The van der Waals surface area contributed by atoms with E-state index in [9.17, 15) is 14.7 Å². The number of aliphatic carboxylic acids is 1. The van der Waals surface area contributed by atoms with Crippen LogP contribution >= 0.6 is 11.6 Å². The van der Waals surface area contributed by atoms with Crippen LogP contribution < -0.4 is 19.5 Å². The number of nitrogens with one attached hydrogen (secondary N) is 1. The molecule has 0 unspecified atom stereocenters. The molecule has 0 amide bonds. The van der Waals surface area contributed by atoms with Gasteiger partial charge in [0, 0.05) is 54.2 Å². The number of carboxylic acids is 1. The van der Waals surface area contributed by atoms with Gasteiger partial charge in [0.05, 0.1) is 6.61 Å². The van der Waals surface area contributed by atoms with Gasteiger partial charge in [0.2, 0.25) is 0 Å². The van der Waals surface area contributed by atoms with Crippen LogP contribution in [0.15, 0.2) is 48.7 Å². The maximum absolute atomic E-state index is 13.1. The van der Waals surface area contributed by atoms with Gasteiger partial charge in [-0.25, -0.2) is 4.79 Å². The van der Waals surface area contributed by atoms with Gasteiger partial charge in [-0.05, 0) is 135 Å². The molecule has 9 nitrogen and oxygen atoms in total. The number of aromatic nitrogens is 1. The fourth-order valence-corrected chi connectivity index (χ4v) is 10.4. The number of fused-ring (bicyclic) bond motifs is 5. The molecule has 1 aromatic heterocycles. The van der Waals surface area contributed by atoms with E-state index in [4.69, 9.17) is 25.8 Å². The lowest BCUT2D eigenvalue weighted by molar-refractivity contribution is -0.144. The maximum atomic E-state index is 13.1. The number of benzene rings is 2. The van der Waals surface area contributed by atoms with E-state index in [0.29, 0.717) is 49.3 Å². The Morgan fingerprint density at radius 2 is 1.85 bits per heavy atom. The van der Waals surface area contributed by atoms with E-state index in [1.807, 2.05) is 24.4 Å². The number of Topliss-reactive ketones (excluding diaryl/α,β-unsaturated/α-hetero) is 1. The number of ketones is 1. The summed E-state index contributed by atoms with van der Waals surface area (Å²) >= 11 is 6.31. The van der Waals surface area contributed by atoms with Gasteiger partial charge in [0.1, 0.15) is 29.3 Å². The lowest BCUT2D eigenvalue weighted by Gasteiger charge is -2.47. The van der Waals surface area contributed by atoms with Crippen LogP contribution in [0.1, 0.15) is 100 Å². The van der Waals surface area contributed by atoms with Crippen LogP contribution in [0.3, 0.4) is 0 Å². The Kier molecular flexibility index (Phi) is 9.85. The molecule has 53 heavy (non-hydrogen) atoms. The highest BCUT2D eigenvalue weighted by atomic mass is 35.5. The second-order valence-corrected chi connectivity index (χ2v) is 17.1. The summed E-state index contributed by atoms with van der Waals surface area (Å²) in [7, 11) is 0. The Bertz CT molecular complexity index is 1870. The molecule has 3 aliphatic carbocycles. The quantitative estimate of drug-likeness (QED) is 0.202. The summed E-state index contributed by atoms with van der Waals surface area (Å²) in [5.74, 6) is 2.94. The summed E-state index contributed by atoms with van der Waals surface area (Å²) in [5, 5.41) is 14.7. The number of carboxylic acid groups (broad SMARTS) is 1. The van der Waals surface area contributed by atoms with Crippen LogP contribution in [0.5, 0.6) is 17.2 Å². The van der Waals surface area contributed by atoms with E-state index in [0.717, 1.165) is 74.6 Å². The van der Waals surface area contributed by atoms with E-state index in [2.05, 4.69) is 41.2 Å². The zero-order valence-corrected chi connectivity index (χ0v) is 31.9. The van der Waals surface area contributed by atoms with Gasteiger partial charge in [-0.2, -0.15) is 0 Å². The van der Waals surface area contributed by atoms with Gasteiger partial charge >= 0.3 is 5.97 Å². The van der Waals surface area contributed by atoms with Gasteiger partial charge in [-0.15, -0.1) is 0 Å². The predicted molar refractivity (Wildman–Crippen MR) is 205 cm³/mol. The molecule has 0 radical (unpaired) electrons. The second kappa shape index (κ2) is 14.4. The van der Waals surface area contributed by atoms with E-state index < -0.39 is 11.5 Å². The van der Waals surface area contributed by atoms with E-state index in [1.165, 1.54) is 28.8 Å². The van der Waals surface area contributed by atoms with Crippen molar-refractivity contribution >= 4 is 29.0 Å². The average molecular weight is 742 g/mol. The third-order valence-electron chi connectivity index (χ3n) is 13.0. The summed E-state index contributed by atoms with van der Waals surface area (Å²) in [4.78, 5) is 31.6. The third kappa shape index (κ3) is 7.00. The van der Waals surface area contributed by atoms with Crippen molar-refractivity contribution in [1.29, 1.82) is 0 Å². The molecular formula is C43H52ClN3O6. The Morgan fingerprint density at radius 3 is 2.57 bits per heavy atom. The number of aryl methyl sites for hydroxylation is 1. The van der Waals surface area contributed by atoms with Gasteiger partial charge in [0.25, 0.3) is 0 Å². The maximum Gasteiger partial charge on any atom is 0.329 e. The van der Waals surface area contributed by atoms with Gasteiger partial charge in [-0.1, -0.05) is 31.5 Å². The molecule has 1 saturated carbocycles. The predicted octanol–water partition coefficient (Wildman–Crippen LogP) is 8.00.